The first-order valence-corrected chi connectivity index (χ1v) is 3.64. The van der Waals surface area contributed by atoms with Gasteiger partial charge >= 0.3 is 6.09 Å². The molecule has 1 fully saturated rings. The Bertz CT molecular complexity index is 215. The lowest BCUT2D eigenvalue weighted by Crippen LogP contribution is -2.49. The minimum atomic E-state index is -1.18. The molecular weight excluding hydrogens is 162 g/mol. The van der Waals surface area contributed by atoms with Crippen molar-refractivity contribution in [2.45, 2.75) is 18.9 Å². The van der Waals surface area contributed by atoms with Gasteiger partial charge < -0.3 is 15.2 Å². The van der Waals surface area contributed by atoms with E-state index >= 15 is 0 Å². The Labute approximate surface area is 69.8 Å². The quantitative estimate of drug-likeness (QED) is 0.597. The number of carbonyl (C=O) groups excluding carboxylic acids is 2. The standard InChI is InChI=1S/C7H11NO4/c1-7(12-6(8)10)4-11-3-2-5(7)9/h2-4H2,1H3,(H2,8,10). The van der Waals surface area contributed by atoms with Crippen LogP contribution in [0.25, 0.3) is 0 Å². The molecular formula is C7H11NO4. The van der Waals surface area contributed by atoms with Crippen LogP contribution in [0.5, 0.6) is 0 Å². The molecule has 1 atom stereocenters. The van der Waals surface area contributed by atoms with E-state index < -0.39 is 11.7 Å². The molecule has 1 saturated heterocycles. The topological polar surface area (TPSA) is 78.6 Å². The maximum absolute atomic E-state index is 11.2. The van der Waals surface area contributed by atoms with Crippen LogP contribution in [0.3, 0.4) is 0 Å². The molecule has 0 radical (unpaired) electrons. The van der Waals surface area contributed by atoms with Crippen molar-refractivity contribution in [3.63, 3.8) is 0 Å². The van der Waals surface area contributed by atoms with Crippen molar-refractivity contribution in [1.82, 2.24) is 0 Å². The highest BCUT2D eigenvalue weighted by atomic mass is 16.6. The van der Waals surface area contributed by atoms with Crippen molar-refractivity contribution in [3.05, 3.63) is 0 Å². The van der Waals surface area contributed by atoms with Crippen LogP contribution in [0.1, 0.15) is 13.3 Å². The molecule has 0 aromatic heterocycles. The summed E-state index contributed by atoms with van der Waals surface area (Å²) in [6.07, 6.45) is -0.680. The third-order valence-electron chi connectivity index (χ3n) is 1.77. The third kappa shape index (κ3) is 1.73. The molecule has 0 spiro atoms. The summed E-state index contributed by atoms with van der Waals surface area (Å²) in [6, 6.07) is 0. The number of Topliss-reactive ketones (excluding diaryl/α,β-unsaturated/α-hetero) is 1. The number of nitrogens with two attached hydrogens (primary N) is 1. The van der Waals surface area contributed by atoms with Gasteiger partial charge in [0.15, 0.2) is 11.4 Å². The number of rotatable bonds is 1. The van der Waals surface area contributed by atoms with Gasteiger partial charge in [-0.1, -0.05) is 0 Å². The molecule has 1 aliphatic heterocycles. The van der Waals surface area contributed by atoms with E-state index in [1.165, 1.54) is 6.92 Å². The van der Waals surface area contributed by atoms with Gasteiger partial charge in [-0.3, -0.25) is 4.79 Å². The highest BCUT2D eigenvalue weighted by Gasteiger charge is 2.39. The van der Waals surface area contributed by atoms with Crippen LogP contribution in [0.2, 0.25) is 0 Å². The maximum atomic E-state index is 11.2. The van der Waals surface area contributed by atoms with Crippen LogP contribution in [0, 0.1) is 0 Å². The van der Waals surface area contributed by atoms with Crippen molar-refractivity contribution in [3.8, 4) is 0 Å². The highest BCUT2D eigenvalue weighted by Crippen LogP contribution is 2.18. The van der Waals surface area contributed by atoms with Gasteiger partial charge in [0.2, 0.25) is 0 Å². The van der Waals surface area contributed by atoms with E-state index in [1.807, 2.05) is 0 Å². The van der Waals surface area contributed by atoms with Gasteiger partial charge in [0.1, 0.15) is 0 Å². The molecule has 0 aromatic rings. The largest absolute Gasteiger partial charge is 0.433 e. The molecule has 1 heterocycles. The first kappa shape index (κ1) is 8.99. The number of carbonyl (C=O) groups is 2. The molecule has 2 N–H and O–H groups in total. The second-order valence-corrected chi connectivity index (χ2v) is 2.88. The van der Waals surface area contributed by atoms with E-state index in [0.29, 0.717) is 6.61 Å². The average molecular weight is 173 g/mol. The first-order valence-electron chi connectivity index (χ1n) is 3.64. The van der Waals surface area contributed by atoms with Crippen molar-refractivity contribution < 1.29 is 19.1 Å². The zero-order valence-electron chi connectivity index (χ0n) is 6.83. The Balaban J connectivity index is 2.66. The highest BCUT2D eigenvalue weighted by molar-refractivity contribution is 5.89. The number of amides is 1. The van der Waals surface area contributed by atoms with Crippen LogP contribution in [-0.4, -0.2) is 30.7 Å². The predicted octanol–water partition coefficient (Wildman–Crippen LogP) is -0.170. The van der Waals surface area contributed by atoms with Crippen LogP contribution in [-0.2, 0) is 14.3 Å². The third-order valence-corrected chi connectivity index (χ3v) is 1.77. The molecule has 12 heavy (non-hydrogen) atoms. The van der Waals surface area contributed by atoms with Crippen molar-refractivity contribution in [2.24, 2.45) is 5.73 Å². The summed E-state index contributed by atoms with van der Waals surface area (Å²) < 4.78 is 9.66. The normalized spacial score (nSPS) is 29.9. The fourth-order valence-corrected chi connectivity index (χ4v) is 1.09. The summed E-state index contributed by atoms with van der Waals surface area (Å²) in [6.45, 7) is 1.98. The molecule has 68 valence electrons. The smallest absolute Gasteiger partial charge is 0.405 e. The summed E-state index contributed by atoms with van der Waals surface area (Å²) in [5, 5.41) is 0. The lowest BCUT2D eigenvalue weighted by atomic mass is 9.97. The lowest BCUT2D eigenvalue weighted by Gasteiger charge is -2.30. The van der Waals surface area contributed by atoms with Gasteiger partial charge in [0.25, 0.3) is 0 Å². The van der Waals surface area contributed by atoms with Gasteiger partial charge in [-0.15, -0.1) is 0 Å². The molecule has 1 rings (SSSR count). The van der Waals surface area contributed by atoms with Crippen LogP contribution >= 0.6 is 0 Å². The van der Waals surface area contributed by atoms with E-state index in [0.717, 1.165) is 0 Å². The zero-order chi connectivity index (χ0) is 9.19. The molecule has 1 aliphatic rings. The fourth-order valence-electron chi connectivity index (χ4n) is 1.09. The number of hydrogen-bond acceptors (Lipinski definition) is 4. The SMILES string of the molecule is CC1(OC(N)=O)COCCC1=O. The van der Waals surface area contributed by atoms with Crippen molar-refractivity contribution in [2.75, 3.05) is 13.2 Å². The van der Waals surface area contributed by atoms with Crippen molar-refractivity contribution >= 4 is 11.9 Å². The van der Waals surface area contributed by atoms with E-state index in [2.05, 4.69) is 4.74 Å². The summed E-state index contributed by atoms with van der Waals surface area (Å²) in [5.74, 6) is -0.146. The number of hydrogen-bond donors (Lipinski definition) is 1. The Hall–Kier alpha value is -1.10. The monoisotopic (exact) mass is 173 g/mol. The van der Waals surface area contributed by atoms with E-state index in [1.54, 1.807) is 0 Å². The Kier molecular flexibility index (Phi) is 2.32. The maximum Gasteiger partial charge on any atom is 0.405 e. The second kappa shape index (κ2) is 3.10. The Morgan fingerprint density at radius 2 is 2.42 bits per heavy atom. The van der Waals surface area contributed by atoms with Crippen LogP contribution in [0.4, 0.5) is 4.79 Å². The zero-order valence-corrected chi connectivity index (χ0v) is 6.83. The van der Waals surface area contributed by atoms with Crippen LogP contribution < -0.4 is 5.73 Å². The van der Waals surface area contributed by atoms with E-state index in [-0.39, 0.29) is 18.8 Å². The molecule has 0 bridgehead atoms. The summed E-state index contributed by atoms with van der Waals surface area (Å²) >= 11 is 0. The Morgan fingerprint density at radius 3 is 2.92 bits per heavy atom. The molecule has 0 saturated carbocycles. The Morgan fingerprint density at radius 1 is 1.75 bits per heavy atom. The molecule has 0 aromatic carbocycles. The fraction of sp³-hybridized carbons (Fsp3) is 0.714. The molecule has 5 heteroatoms. The first-order chi connectivity index (χ1) is 5.54. The second-order valence-electron chi connectivity index (χ2n) is 2.88. The van der Waals surface area contributed by atoms with Gasteiger partial charge in [0.05, 0.1) is 13.2 Å². The van der Waals surface area contributed by atoms with Gasteiger partial charge in [0, 0.05) is 6.42 Å². The number of ketones is 1. The van der Waals surface area contributed by atoms with Gasteiger partial charge in [-0.25, -0.2) is 4.79 Å². The number of primary amides is 1. The summed E-state index contributed by atoms with van der Waals surface area (Å²) in [4.78, 5) is 21.6. The average Bonchev–Trinajstić information content (AvgIpc) is 1.94. The summed E-state index contributed by atoms with van der Waals surface area (Å²) in [7, 11) is 0. The van der Waals surface area contributed by atoms with E-state index in [4.69, 9.17) is 10.5 Å². The molecule has 1 amide bonds. The molecule has 1 unspecified atom stereocenters. The minimum absolute atomic E-state index is 0.0920. The van der Waals surface area contributed by atoms with Gasteiger partial charge in [-0.2, -0.15) is 0 Å². The lowest BCUT2D eigenvalue weighted by molar-refractivity contribution is -0.151. The summed E-state index contributed by atoms with van der Waals surface area (Å²) in [5.41, 5.74) is 3.63. The number of ether oxygens (including phenoxy) is 2. The molecule has 0 aliphatic carbocycles. The van der Waals surface area contributed by atoms with E-state index in [9.17, 15) is 9.59 Å². The van der Waals surface area contributed by atoms with Gasteiger partial charge in [-0.05, 0) is 6.92 Å². The van der Waals surface area contributed by atoms with Crippen molar-refractivity contribution in [1.29, 1.82) is 0 Å². The molecule has 5 nitrogen and oxygen atoms in total. The van der Waals surface area contributed by atoms with Crippen LogP contribution in [0.15, 0.2) is 0 Å². The minimum Gasteiger partial charge on any atom is -0.433 e. The predicted molar refractivity (Wildman–Crippen MR) is 39.5 cm³/mol.